The molecule has 0 aromatic heterocycles. The first-order valence-corrected chi connectivity index (χ1v) is 9.44. The fourth-order valence-electron chi connectivity index (χ4n) is 3.75. The second-order valence-electron chi connectivity index (χ2n) is 7.28. The van der Waals surface area contributed by atoms with Crippen LogP contribution < -0.4 is 16.0 Å². The summed E-state index contributed by atoms with van der Waals surface area (Å²) in [6, 6.07) is 3.01. The first-order valence-electron chi connectivity index (χ1n) is 9.44. The molecule has 0 saturated carbocycles. The predicted molar refractivity (Wildman–Crippen MR) is 101 cm³/mol. The summed E-state index contributed by atoms with van der Waals surface area (Å²) in [5.74, 6) is -0.851. The van der Waals surface area contributed by atoms with Crippen LogP contribution in [0.15, 0.2) is 23.2 Å². The van der Waals surface area contributed by atoms with Crippen molar-refractivity contribution in [3.63, 3.8) is 0 Å². The van der Waals surface area contributed by atoms with Crippen LogP contribution in [0.4, 0.5) is 13.6 Å². The quantitative estimate of drug-likeness (QED) is 0.413. The molecule has 1 aromatic rings. The number of urea groups is 1. The van der Waals surface area contributed by atoms with Gasteiger partial charge >= 0.3 is 6.03 Å². The van der Waals surface area contributed by atoms with Gasteiger partial charge in [0.2, 0.25) is 0 Å². The molecule has 152 valence electrons. The second-order valence-corrected chi connectivity index (χ2v) is 7.28. The monoisotopic (exact) mass is 393 g/mol. The molecule has 0 bridgehead atoms. The third kappa shape index (κ3) is 4.07. The van der Waals surface area contributed by atoms with E-state index in [1.807, 2.05) is 6.92 Å². The number of nitrogens with zero attached hydrogens (tertiary/aromatic N) is 2. The SMILES string of the molecule is CCNC(=NCc1ccc(F)cc1F)N1CCC(C2(C)NC(=O)NC2=O)CC1. The van der Waals surface area contributed by atoms with E-state index in [1.165, 1.54) is 12.1 Å². The summed E-state index contributed by atoms with van der Waals surface area (Å²) in [5, 5.41) is 8.24. The molecule has 0 aliphatic carbocycles. The molecule has 7 nitrogen and oxygen atoms in total. The number of benzene rings is 1. The van der Waals surface area contributed by atoms with Crippen LogP contribution in [0.5, 0.6) is 0 Å². The Bertz CT molecular complexity index is 793. The normalized spacial score (nSPS) is 23.6. The number of imide groups is 1. The molecule has 2 saturated heterocycles. The molecule has 2 aliphatic rings. The van der Waals surface area contributed by atoms with Gasteiger partial charge in [-0.05, 0) is 38.7 Å². The lowest BCUT2D eigenvalue weighted by Crippen LogP contribution is -2.55. The summed E-state index contributed by atoms with van der Waals surface area (Å²) in [6.07, 6.45) is 1.42. The molecule has 0 radical (unpaired) electrons. The van der Waals surface area contributed by atoms with E-state index in [4.69, 9.17) is 0 Å². The molecular weight excluding hydrogens is 368 g/mol. The molecule has 0 spiro atoms. The Labute approximate surface area is 162 Å². The summed E-state index contributed by atoms with van der Waals surface area (Å²) in [7, 11) is 0. The standard InChI is InChI=1S/C19H25F2N5O2/c1-3-22-17(23-11-12-4-5-14(20)10-15(12)21)26-8-6-13(7-9-26)19(2)16(27)24-18(28)25-19/h4-5,10,13H,3,6-9,11H2,1-2H3,(H,22,23)(H2,24,25,27,28). The summed E-state index contributed by atoms with van der Waals surface area (Å²) >= 11 is 0. The van der Waals surface area contributed by atoms with E-state index in [1.54, 1.807) is 6.92 Å². The highest BCUT2D eigenvalue weighted by molar-refractivity contribution is 6.07. The van der Waals surface area contributed by atoms with Gasteiger partial charge in [-0.15, -0.1) is 0 Å². The number of carbonyl (C=O) groups excluding carboxylic acids is 2. The third-order valence-electron chi connectivity index (χ3n) is 5.43. The maximum atomic E-state index is 13.8. The third-order valence-corrected chi connectivity index (χ3v) is 5.43. The van der Waals surface area contributed by atoms with E-state index >= 15 is 0 Å². The van der Waals surface area contributed by atoms with E-state index in [0.717, 1.165) is 6.07 Å². The number of hydrogen-bond donors (Lipinski definition) is 3. The smallest absolute Gasteiger partial charge is 0.322 e. The van der Waals surface area contributed by atoms with Crippen molar-refractivity contribution in [3.8, 4) is 0 Å². The van der Waals surface area contributed by atoms with Crippen molar-refractivity contribution < 1.29 is 18.4 Å². The Balaban J connectivity index is 1.66. The minimum absolute atomic E-state index is 0.0209. The highest BCUT2D eigenvalue weighted by Crippen LogP contribution is 2.30. The van der Waals surface area contributed by atoms with Crippen molar-refractivity contribution >= 4 is 17.9 Å². The minimum atomic E-state index is -0.893. The van der Waals surface area contributed by atoms with Gasteiger partial charge in [-0.25, -0.2) is 18.6 Å². The van der Waals surface area contributed by atoms with Crippen molar-refractivity contribution in [1.82, 2.24) is 20.9 Å². The average Bonchev–Trinajstić information content (AvgIpc) is 2.93. The van der Waals surface area contributed by atoms with Crippen LogP contribution in [0.1, 0.15) is 32.3 Å². The Morgan fingerprint density at radius 2 is 2.04 bits per heavy atom. The largest absolute Gasteiger partial charge is 0.357 e. The fourth-order valence-corrected chi connectivity index (χ4v) is 3.75. The Hall–Kier alpha value is -2.71. The summed E-state index contributed by atoms with van der Waals surface area (Å²) < 4.78 is 26.9. The number of nitrogens with one attached hydrogen (secondary N) is 3. The maximum absolute atomic E-state index is 13.8. The van der Waals surface area contributed by atoms with Gasteiger partial charge in [0.05, 0.1) is 6.54 Å². The molecule has 3 amide bonds. The van der Waals surface area contributed by atoms with Crippen molar-refractivity contribution in [2.75, 3.05) is 19.6 Å². The summed E-state index contributed by atoms with van der Waals surface area (Å²) in [6.45, 7) is 5.76. The number of likely N-dealkylation sites (tertiary alicyclic amines) is 1. The number of piperidine rings is 1. The molecule has 3 N–H and O–H groups in total. The van der Waals surface area contributed by atoms with Crippen LogP contribution in [0.3, 0.4) is 0 Å². The number of amides is 3. The van der Waals surface area contributed by atoms with Crippen LogP contribution in [0.2, 0.25) is 0 Å². The first kappa shape index (κ1) is 20.0. The molecule has 3 rings (SSSR count). The molecule has 2 heterocycles. The Morgan fingerprint density at radius 3 is 2.61 bits per heavy atom. The number of guanidine groups is 1. The van der Waals surface area contributed by atoms with Gasteiger partial charge in [0, 0.05) is 31.3 Å². The first-order chi connectivity index (χ1) is 13.3. The maximum Gasteiger partial charge on any atom is 0.322 e. The number of rotatable bonds is 4. The minimum Gasteiger partial charge on any atom is -0.357 e. The number of carbonyl (C=O) groups is 2. The highest BCUT2D eigenvalue weighted by Gasteiger charge is 2.48. The Kier molecular flexibility index (Phi) is 5.81. The van der Waals surface area contributed by atoms with Crippen molar-refractivity contribution in [1.29, 1.82) is 0 Å². The second kappa shape index (κ2) is 8.12. The van der Waals surface area contributed by atoms with E-state index < -0.39 is 23.2 Å². The molecule has 9 heteroatoms. The topological polar surface area (TPSA) is 85.8 Å². The van der Waals surface area contributed by atoms with Gasteiger partial charge in [-0.1, -0.05) is 6.07 Å². The predicted octanol–water partition coefficient (Wildman–Crippen LogP) is 1.74. The fraction of sp³-hybridized carbons (Fsp3) is 0.526. The molecular formula is C19H25F2N5O2. The molecule has 2 aliphatic heterocycles. The van der Waals surface area contributed by atoms with Crippen molar-refractivity contribution in [2.24, 2.45) is 10.9 Å². The van der Waals surface area contributed by atoms with Gasteiger partial charge in [0.1, 0.15) is 17.2 Å². The zero-order valence-electron chi connectivity index (χ0n) is 16.0. The molecule has 1 atom stereocenters. The van der Waals surface area contributed by atoms with Crippen LogP contribution in [0.25, 0.3) is 0 Å². The van der Waals surface area contributed by atoms with Crippen LogP contribution in [-0.2, 0) is 11.3 Å². The molecule has 28 heavy (non-hydrogen) atoms. The van der Waals surface area contributed by atoms with E-state index in [0.29, 0.717) is 44.0 Å². The Morgan fingerprint density at radius 1 is 1.32 bits per heavy atom. The van der Waals surface area contributed by atoms with E-state index in [-0.39, 0.29) is 18.4 Å². The van der Waals surface area contributed by atoms with Crippen LogP contribution in [-0.4, -0.2) is 48.0 Å². The van der Waals surface area contributed by atoms with Crippen molar-refractivity contribution in [2.45, 2.75) is 38.8 Å². The molecule has 2 fully saturated rings. The van der Waals surface area contributed by atoms with Gasteiger partial charge < -0.3 is 15.5 Å². The number of halogens is 2. The lowest BCUT2D eigenvalue weighted by Gasteiger charge is -2.39. The summed E-state index contributed by atoms with van der Waals surface area (Å²) in [4.78, 5) is 30.2. The van der Waals surface area contributed by atoms with Gasteiger partial charge in [-0.2, -0.15) is 0 Å². The van der Waals surface area contributed by atoms with E-state index in [9.17, 15) is 18.4 Å². The van der Waals surface area contributed by atoms with Gasteiger partial charge in [0.15, 0.2) is 5.96 Å². The zero-order chi connectivity index (χ0) is 20.3. The van der Waals surface area contributed by atoms with Crippen LogP contribution >= 0.6 is 0 Å². The lowest BCUT2D eigenvalue weighted by molar-refractivity contribution is -0.125. The number of hydrogen-bond acceptors (Lipinski definition) is 3. The van der Waals surface area contributed by atoms with Gasteiger partial charge in [-0.3, -0.25) is 10.1 Å². The molecule has 1 aromatic carbocycles. The van der Waals surface area contributed by atoms with Crippen LogP contribution in [0, 0.1) is 17.6 Å². The summed E-state index contributed by atoms with van der Waals surface area (Å²) in [5.41, 5.74) is -0.569. The van der Waals surface area contributed by atoms with Gasteiger partial charge in [0.25, 0.3) is 5.91 Å². The highest BCUT2D eigenvalue weighted by atomic mass is 19.1. The van der Waals surface area contributed by atoms with E-state index in [2.05, 4.69) is 25.8 Å². The number of aliphatic imine (C=N–C) groups is 1. The zero-order valence-corrected chi connectivity index (χ0v) is 16.0. The lowest BCUT2D eigenvalue weighted by atomic mass is 9.79. The average molecular weight is 393 g/mol. The van der Waals surface area contributed by atoms with Crippen molar-refractivity contribution in [3.05, 3.63) is 35.4 Å². The molecule has 1 unspecified atom stereocenters.